The van der Waals surface area contributed by atoms with Gasteiger partial charge >= 0.3 is 6.09 Å². The second-order valence-electron chi connectivity index (χ2n) is 7.14. The number of ether oxygens (including phenoxy) is 1. The Morgan fingerprint density at radius 1 is 1.03 bits per heavy atom. The zero-order valence-corrected chi connectivity index (χ0v) is 16.9. The summed E-state index contributed by atoms with van der Waals surface area (Å²) in [6.45, 7) is 4.88. The quantitative estimate of drug-likeness (QED) is 0.666. The molecule has 2 heterocycles. The van der Waals surface area contributed by atoms with Gasteiger partial charge in [-0.2, -0.15) is 0 Å². The summed E-state index contributed by atoms with van der Waals surface area (Å²) in [6, 6.07) is 7.33. The summed E-state index contributed by atoms with van der Waals surface area (Å²) in [6.07, 6.45) is 4.26. The minimum absolute atomic E-state index is 0.0221. The second kappa shape index (κ2) is 10.0. The number of nitrogens with zero attached hydrogens (tertiary/aromatic N) is 4. The SMILES string of the molecule is CCOC(=O)N1CCN(C(=O)CCCCCn2cnc3ccccc3c2=O)CC1. The van der Waals surface area contributed by atoms with Gasteiger partial charge in [0.1, 0.15) is 0 Å². The van der Waals surface area contributed by atoms with Crippen LogP contribution in [-0.2, 0) is 16.1 Å². The standard InChI is InChI=1S/C21H28N4O4/c1-2-29-21(28)24-14-12-23(13-15-24)19(26)10-4-3-7-11-25-16-22-18-9-6-5-8-17(18)20(25)27/h5-6,8-9,16H,2-4,7,10-15H2,1H3. The average Bonchev–Trinajstić information content (AvgIpc) is 2.75. The zero-order chi connectivity index (χ0) is 20.6. The number of fused-ring (bicyclic) bond motifs is 1. The predicted octanol–water partition coefficient (Wildman–Crippen LogP) is 2.26. The summed E-state index contributed by atoms with van der Waals surface area (Å²) in [5.74, 6) is 0.123. The van der Waals surface area contributed by atoms with Crippen LogP contribution in [0.1, 0.15) is 32.6 Å². The molecular weight excluding hydrogens is 372 g/mol. The number of hydrogen-bond acceptors (Lipinski definition) is 5. The molecule has 156 valence electrons. The van der Waals surface area contributed by atoms with Crippen LogP contribution >= 0.6 is 0 Å². The Labute approximate surface area is 170 Å². The lowest BCUT2D eigenvalue weighted by atomic mass is 10.1. The number of carbonyl (C=O) groups is 2. The maximum Gasteiger partial charge on any atom is 0.409 e. The van der Waals surface area contributed by atoms with Crippen LogP contribution in [0.25, 0.3) is 10.9 Å². The van der Waals surface area contributed by atoms with E-state index in [1.165, 1.54) is 0 Å². The molecule has 0 N–H and O–H groups in total. The van der Waals surface area contributed by atoms with Gasteiger partial charge in [-0.3, -0.25) is 14.2 Å². The van der Waals surface area contributed by atoms with E-state index in [0.29, 0.717) is 56.7 Å². The van der Waals surface area contributed by atoms with Gasteiger partial charge in [0.15, 0.2) is 0 Å². The van der Waals surface area contributed by atoms with Crippen LogP contribution in [0.3, 0.4) is 0 Å². The molecule has 3 rings (SSSR count). The fourth-order valence-corrected chi connectivity index (χ4v) is 3.51. The third-order valence-corrected chi connectivity index (χ3v) is 5.18. The van der Waals surface area contributed by atoms with Gasteiger partial charge in [0.2, 0.25) is 5.91 Å². The third kappa shape index (κ3) is 5.34. The molecule has 0 radical (unpaired) electrons. The first-order valence-electron chi connectivity index (χ1n) is 10.2. The number of aryl methyl sites for hydroxylation is 1. The van der Waals surface area contributed by atoms with E-state index in [-0.39, 0.29) is 17.6 Å². The number of rotatable bonds is 7. The van der Waals surface area contributed by atoms with E-state index in [1.54, 1.807) is 28.8 Å². The maximum absolute atomic E-state index is 12.4. The summed E-state index contributed by atoms with van der Waals surface area (Å²) in [5.41, 5.74) is 0.688. The molecule has 1 aromatic carbocycles. The molecule has 1 aliphatic rings. The second-order valence-corrected chi connectivity index (χ2v) is 7.14. The average molecular weight is 400 g/mol. The van der Waals surface area contributed by atoms with Gasteiger partial charge in [0, 0.05) is 39.1 Å². The van der Waals surface area contributed by atoms with Crippen molar-refractivity contribution in [1.82, 2.24) is 19.4 Å². The van der Waals surface area contributed by atoms with E-state index in [1.807, 2.05) is 23.1 Å². The van der Waals surface area contributed by atoms with Gasteiger partial charge < -0.3 is 14.5 Å². The highest BCUT2D eigenvalue weighted by Gasteiger charge is 2.24. The Morgan fingerprint density at radius 2 is 1.76 bits per heavy atom. The van der Waals surface area contributed by atoms with Crippen LogP contribution in [0.4, 0.5) is 4.79 Å². The number of benzene rings is 1. The molecule has 0 spiro atoms. The highest BCUT2D eigenvalue weighted by atomic mass is 16.6. The van der Waals surface area contributed by atoms with Crippen LogP contribution < -0.4 is 5.56 Å². The van der Waals surface area contributed by atoms with Crippen molar-refractivity contribution in [3.05, 3.63) is 40.9 Å². The molecule has 8 heteroatoms. The molecule has 0 unspecified atom stereocenters. The molecule has 2 aromatic rings. The van der Waals surface area contributed by atoms with Crippen molar-refractivity contribution in [2.24, 2.45) is 0 Å². The van der Waals surface area contributed by atoms with E-state index in [4.69, 9.17) is 4.74 Å². The normalized spacial score (nSPS) is 14.2. The lowest BCUT2D eigenvalue weighted by molar-refractivity contribution is -0.132. The molecule has 1 aliphatic heterocycles. The summed E-state index contributed by atoms with van der Waals surface area (Å²) >= 11 is 0. The molecule has 0 saturated carbocycles. The molecule has 0 atom stereocenters. The van der Waals surface area contributed by atoms with Crippen LogP contribution in [-0.4, -0.2) is 64.1 Å². The molecule has 8 nitrogen and oxygen atoms in total. The highest BCUT2D eigenvalue weighted by Crippen LogP contribution is 2.10. The molecule has 1 aromatic heterocycles. The van der Waals surface area contributed by atoms with Crippen molar-refractivity contribution in [3.63, 3.8) is 0 Å². The number of aromatic nitrogens is 2. The van der Waals surface area contributed by atoms with Gasteiger partial charge in [-0.1, -0.05) is 18.6 Å². The van der Waals surface area contributed by atoms with Gasteiger partial charge in [-0.15, -0.1) is 0 Å². The summed E-state index contributed by atoms with van der Waals surface area (Å²) < 4.78 is 6.63. The summed E-state index contributed by atoms with van der Waals surface area (Å²) in [7, 11) is 0. The Kier molecular flexibility index (Phi) is 7.21. The van der Waals surface area contributed by atoms with Gasteiger partial charge in [-0.25, -0.2) is 9.78 Å². The molecule has 1 saturated heterocycles. The topological polar surface area (TPSA) is 84.7 Å². The Bertz CT molecular complexity index is 903. The van der Waals surface area contributed by atoms with Crippen LogP contribution in [0, 0.1) is 0 Å². The van der Waals surface area contributed by atoms with E-state index in [0.717, 1.165) is 19.3 Å². The number of para-hydroxylation sites is 1. The Hall–Kier alpha value is -2.90. The molecule has 29 heavy (non-hydrogen) atoms. The van der Waals surface area contributed by atoms with Crippen molar-refractivity contribution in [2.45, 2.75) is 39.2 Å². The summed E-state index contributed by atoms with van der Waals surface area (Å²) in [4.78, 5) is 44.3. The first-order chi connectivity index (χ1) is 14.1. The fourth-order valence-electron chi connectivity index (χ4n) is 3.51. The number of amides is 2. The largest absolute Gasteiger partial charge is 0.450 e. The van der Waals surface area contributed by atoms with Gasteiger partial charge in [-0.05, 0) is 31.9 Å². The Morgan fingerprint density at radius 3 is 2.52 bits per heavy atom. The lowest BCUT2D eigenvalue weighted by Crippen LogP contribution is -2.50. The van der Waals surface area contributed by atoms with Gasteiger partial charge in [0.05, 0.1) is 23.8 Å². The predicted molar refractivity (Wildman–Crippen MR) is 110 cm³/mol. The smallest absolute Gasteiger partial charge is 0.409 e. The van der Waals surface area contributed by atoms with Crippen molar-refractivity contribution in [3.8, 4) is 0 Å². The van der Waals surface area contributed by atoms with Crippen LogP contribution in [0.2, 0.25) is 0 Å². The first-order valence-corrected chi connectivity index (χ1v) is 10.2. The molecule has 0 aliphatic carbocycles. The number of carbonyl (C=O) groups excluding carboxylic acids is 2. The van der Waals surface area contributed by atoms with Crippen molar-refractivity contribution >= 4 is 22.9 Å². The number of unbranched alkanes of at least 4 members (excludes halogenated alkanes) is 2. The van der Waals surface area contributed by atoms with E-state index in [9.17, 15) is 14.4 Å². The highest BCUT2D eigenvalue weighted by molar-refractivity contribution is 5.77. The zero-order valence-electron chi connectivity index (χ0n) is 16.9. The van der Waals surface area contributed by atoms with E-state index < -0.39 is 0 Å². The summed E-state index contributed by atoms with van der Waals surface area (Å²) in [5, 5.41) is 0.632. The van der Waals surface area contributed by atoms with Gasteiger partial charge in [0.25, 0.3) is 5.56 Å². The molecule has 2 amide bonds. The van der Waals surface area contributed by atoms with Crippen molar-refractivity contribution < 1.29 is 14.3 Å². The van der Waals surface area contributed by atoms with Crippen LogP contribution in [0.15, 0.2) is 35.4 Å². The first kappa shape index (κ1) is 20.8. The molecule has 1 fully saturated rings. The van der Waals surface area contributed by atoms with E-state index in [2.05, 4.69) is 4.98 Å². The van der Waals surface area contributed by atoms with Crippen molar-refractivity contribution in [1.29, 1.82) is 0 Å². The Balaban J connectivity index is 1.37. The minimum atomic E-state index is -0.307. The number of piperazine rings is 1. The number of hydrogen-bond donors (Lipinski definition) is 0. The third-order valence-electron chi connectivity index (χ3n) is 5.18. The van der Waals surface area contributed by atoms with E-state index >= 15 is 0 Å². The molecular formula is C21H28N4O4. The molecule has 0 bridgehead atoms. The lowest BCUT2D eigenvalue weighted by Gasteiger charge is -2.34. The fraction of sp³-hybridized carbons (Fsp3) is 0.524. The maximum atomic E-state index is 12.4. The van der Waals surface area contributed by atoms with Crippen LogP contribution in [0.5, 0.6) is 0 Å². The van der Waals surface area contributed by atoms with Crippen molar-refractivity contribution in [2.75, 3.05) is 32.8 Å². The minimum Gasteiger partial charge on any atom is -0.450 e. The monoisotopic (exact) mass is 400 g/mol.